The van der Waals surface area contributed by atoms with Crippen molar-refractivity contribution in [1.29, 1.82) is 0 Å². The average molecular weight is 365 g/mol. The number of carbonyl (C=O) groups is 2. The number of nitrogens with two attached hydrogens (primary N) is 1. The molecule has 2 aliphatic rings. The molecule has 6 heteroatoms. The quantitative estimate of drug-likeness (QED) is 0.875. The third-order valence-electron chi connectivity index (χ3n) is 5.57. The van der Waals surface area contributed by atoms with Gasteiger partial charge in [0.2, 0.25) is 11.8 Å². The molecule has 1 fully saturated rings. The maximum atomic E-state index is 13.3. The predicted octanol–water partition coefficient (Wildman–Crippen LogP) is 1.67. The molecule has 2 aromatic carbocycles. The van der Waals surface area contributed by atoms with Crippen LogP contribution in [0.1, 0.15) is 17.5 Å². The Morgan fingerprint density at radius 3 is 2.81 bits per heavy atom. The number of anilines is 1. The maximum Gasteiger partial charge on any atom is 0.239 e. The van der Waals surface area contributed by atoms with E-state index in [2.05, 4.69) is 11.0 Å². The number of likely N-dealkylation sites (tertiary alicyclic amines) is 1. The Kier molecular flexibility index (Phi) is 4.36. The lowest BCUT2D eigenvalue weighted by Crippen LogP contribution is -2.45. The van der Waals surface area contributed by atoms with Crippen molar-refractivity contribution < 1.29 is 14.3 Å². The van der Waals surface area contributed by atoms with Crippen LogP contribution in [-0.2, 0) is 21.5 Å². The highest BCUT2D eigenvalue weighted by atomic mass is 16.5. The van der Waals surface area contributed by atoms with E-state index >= 15 is 0 Å². The minimum atomic E-state index is -0.592. The molecule has 0 bridgehead atoms. The van der Waals surface area contributed by atoms with Crippen molar-refractivity contribution in [3.05, 3.63) is 59.7 Å². The Hall–Kier alpha value is -2.86. The number of primary amides is 1. The maximum absolute atomic E-state index is 13.3. The first-order chi connectivity index (χ1) is 13.0. The van der Waals surface area contributed by atoms with Crippen molar-refractivity contribution in [2.24, 2.45) is 5.73 Å². The molecule has 140 valence electrons. The minimum Gasteiger partial charge on any atom is -0.497 e. The summed E-state index contributed by atoms with van der Waals surface area (Å²) in [5, 5.41) is 0. The summed E-state index contributed by atoms with van der Waals surface area (Å²) >= 11 is 0. The number of amides is 2. The number of para-hydroxylation sites is 1. The molecule has 0 saturated carbocycles. The molecule has 0 aliphatic carbocycles. The van der Waals surface area contributed by atoms with Crippen LogP contribution in [0.3, 0.4) is 0 Å². The first-order valence-corrected chi connectivity index (χ1v) is 9.08. The van der Waals surface area contributed by atoms with Gasteiger partial charge in [0.25, 0.3) is 0 Å². The van der Waals surface area contributed by atoms with Gasteiger partial charge >= 0.3 is 0 Å². The van der Waals surface area contributed by atoms with Gasteiger partial charge in [-0.3, -0.25) is 14.5 Å². The van der Waals surface area contributed by atoms with Crippen molar-refractivity contribution in [2.45, 2.75) is 18.4 Å². The van der Waals surface area contributed by atoms with Crippen LogP contribution in [0.4, 0.5) is 5.69 Å². The monoisotopic (exact) mass is 365 g/mol. The smallest absolute Gasteiger partial charge is 0.239 e. The van der Waals surface area contributed by atoms with Crippen LogP contribution in [0.25, 0.3) is 0 Å². The van der Waals surface area contributed by atoms with Gasteiger partial charge in [0, 0.05) is 18.8 Å². The van der Waals surface area contributed by atoms with Crippen LogP contribution in [-0.4, -0.2) is 43.5 Å². The molecule has 2 N–H and O–H groups in total. The zero-order chi connectivity index (χ0) is 19.0. The molecule has 2 aromatic rings. The average Bonchev–Trinajstić information content (AvgIpc) is 3.18. The molecular formula is C21H23N3O3. The highest BCUT2D eigenvalue weighted by Crippen LogP contribution is 2.47. The first-order valence-electron chi connectivity index (χ1n) is 9.08. The van der Waals surface area contributed by atoms with Crippen molar-refractivity contribution in [2.75, 3.05) is 31.6 Å². The standard InChI is InChI=1S/C21H23N3O3/c1-27-16-6-4-5-15(11-16)12-23-10-9-21(14-23)17-7-2-3-8-18(17)24(20(21)26)13-19(22)25/h2-8,11H,9-10,12-14H2,1H3,(H2,22,25). The summed E-state index contributed by atoms with van der Waals surface area (Å²) in [4.78, 5) is 28.6. The van der Waals surface area contributed by atoms with Crippen LogP contribution in [0.5, 0.6) is 5.75 Å². The van der Waals surface area contributed by atoms with E-state index in [0.717, 1.165) is 42.1 Å². The third kappa shape index (κ3) is 2.96. The van der Waals surface area contributed by atoms with E-state index in [9.17, 15) is 9.59 Å². The fraction of sp³-hybridized carbons (Fsp3) is 0.333. The van der Waals surface area contributed by atoms with E-state index < -0.39 is 11.3 Å². The normalized spacial score (nSPS) is 21.7. The molecule has 1 unspecified atom stereocenters. The van der Waals surface area contributed by atoms with Crippen LogP contribution < -0.4 is 15.4 Å². The molecule has 0 radical (unpaired) electrons. The summed E-state index contributed by atoms with van der Waals surface area (Å²) in [6.45, 7) is 2.13. The zero-order valence-corrected chi connectivity index (χ0v) is 15.4. The Balaban J connectivity index is 1.60. The molecule has 2 heterocycles. The Labute approximate surface area is 158 Å². The molecule has 4 rings (SSSR count). The zero-order valence-electron chi connectivity index (χ0n) is 15.4. The van der Waals surface area contributed by atoms with E-state index in [1.807, 2.05) is 42.5 Å². The number of hydrogen-bond donors (Lipinski definition) is 1. The second-order valence-electron chi connectivity index (χ2n) is 7.27. The van der Waals surface area contributed by atoms with Gasteiger partial charge in [-0.25, -0.2) is 0 Å². The van der Waals surface area contributed by atoms with Crippen LogP contribution >= 0.6 is 0 Å². The topological polar surface area (TPSA) is 75.9 Å². The van der Waals surface area contributed by atoms with Gasteiger partial charge in [0.15, 0.2) is 0 Å². The van der Waals surface area contributed by atoms with Gasteiger partial charge in [-0.05, 0) is 42.3 Å². The Morgan fingerprint density at radius 2 is 2.04 bits per heavy atom. The minimum absolute atomic E-state index is 0.0179. The number of rotatable bonds is 5. The fourth-order valence-corrected chi connectivity index (χ4v) is 4.36. The number of ether oxygens (including phenoxy) is 1. The summed E-state index contributed by atoms with van der Waals surface area (Å²) < 4.78 is 5.30. The molecule has 0 aromatic heterocycles. The van der Waals surface area contributed by atoms with Crippen molar-refractivity contribution >= 4 is 17.5 Å². The highest BCUT2D eigenvalue weighted by molar-refractivity contribution is 6.11. The summed E-state index contributed by atoms with van der Waals surface area (Å²) in [5.74, 6) is 0.313. The number of nitrogens with zero attached hydrogens (tertiary/aromatic N) is 2. The second kappa shape index (κ2) is 6.70. The van der Waals surface area contributed by atoms with Gasteiger partial charge in [-0.2, -0.15) is 0 Å². The Bertz CT molecular complexity index is 898. The molecule has 27 heavy (non-hydrogen) atoms. The molecule has 2 aliphatic heterocycles. The number of benzene rings is 2. The summed E-state index contributed by atoms with van der Waals surface area (Å²) in [7, 11) is 1.66. The van der Waals surface area contributed by atoms with Crippen LogP contribution in [0.15, 0.2) is 48.5 Å². The molecule has 2 amide bonds. The molecule has 1 atom stereocenters. The Morgan fingerprint density at radius 1 is 1.22 bits per heavy atom. The lowest BCUT2D eigenvalue weighted by atomic mass is 9.81. The largest absolute Gasteiger partial charge is 0.497 e. The van der Waals surface area contributed by atoms with E-state index in [1.54, 1.807) is 12.0 Å². The molecule has 1 saturated heterocycles. The summed E-state index contributed by atoms with van der Waals surface area (Å²) in [6, 6.07) is 15.7. The predicted molar refractivity (Wildman–Crippen MR) is 103 cm³/mol. The van der Waals surface area contributed by atoms with Gasteiger partial charge in [0.05, 0.1) is 12.5 Å². The first kappa shape index (κ1) is 17.5. The van der Waals surface area contributed by atoms with Gasteiger partial charge in [0.1, 0.15) is 12.3 Å². The van der Waals surface area contributed by atoms with Gasteiger partial charge < -0.3 is 15.4 Å². The van der Waals surface area contributed by atoms with Crippen molar-refractivity contribution in [3.8, 4) is 5.75 Å². The lowest BCUT2D eigenvalue weighted by molar-refractivity contribution is -0.125. The number of methoxy groups -OCH3 is 1. The number of hydrogen-bond acceptors (Lipinski definition) is 4. The van der Waals surface area contributed by atoms with Gasteiger partial charge in [-0.15, -0.1) is 0 Å². The molecular weight excluding hydrogens is 342 g/mol. The van der Waals surface area contributed by atoms with Gasteiger partial charge in [-0.1, -0.05) is 30.3 Å². The second-order valence-corrected chi connectivity index (χ2v) is 7.27. The van der Waals surface area contributed by atoms with E-state index in [-0.39, 0.29) is 12.5 Å². The van der Waals surface area contributed by atoms with Crippen molar-refractivity contribution in [1.82, 2.24) is 4.90 Å². The SMILES string of the molecule is COc1cccc(CN2CCC3(C2)C(=O)N(CC(N)=O)c2ccccc23)c1. The molecule has 1 spiro atoms. The fourth-order valence-electron chi connectivity index (χ4n) is 4.36. The van der Waals surface area contributed by atoms with Crippen molar-refractivity contribution in [3.63, 3.8) is 0 Å². The highest BCUT2D eigenvalue weighted by Gasteiger charge is 2.54. The van der Waals surface area contributed by atoms with E-state index in [0.29, 0.717) is 6.54 Å². The van der Waals surface area contributed by atoms with E-state index in [4.69, 9.17) is 10.5 Å². The third-order valence-corrected chi connectivity index (χ3v) is 5.57. The van der Waals surface area contributed by atoms with E-state index in [1.165, 1.54) is 0 Å². The summed E-state index contributed by atoms with van der Waals surface area (Å²) in [6.07, 6.45) is 0.738. The lowest BCUT2D eigenvalue weighted by Gasteiger charge is -2.24. The number of fused-ring (bicyclic) bond motifs is 2. The molecule has 6 nitrogen and oxygen atoms in total. The van der Waals surface area contributed by atoms with Crippen LogP contribution in [0, 0.1) is 0 Å². The summed E-state index contributed by atoms with van der Waals surface area (Å²) in [5.41, 5.74) is 7.75. The van der Waals surface area contributed by atoms with Crippen LogP contribution in [0.2, 0.25) is 0 Å². The number of carbonyl (C=O) groups excluding carboxylic acids is 2.